The molecule has 2 rings (SSSR count). The van der Waals surface area contributed by atoms with Gasteiger partial charge in [-0.2, -0.15) is 0 Å². The van der Waals surface area contributed by atoms with Crippen LogP contribution in [-0.4, -0.2) is 94.4 Å². The molecule has 8 nitrogen and oxygen atoms in total. The number of hydrogen-bond donors (Lipinski definition) is 1. The number of carbonyl (C=O) groups is 1. The highest BCUT2D eigenvalue weighted by Gasteiger charge is 2.27. The van der Waals surface area contributed by atoms with E-state index >= 15 is 0 Å². The second-order valence-corrected chi connectivity index (χ2v) is 6.89. The van der Waals surface area contributed by atoms with Crippen molar-refractivity contribution in [1.29, 1.82) is 0 Å². The van der Waals surface area contributed by atoms with Crippen molar-refractivity contribution in [2.75, 3.05) is 53.9 Å². The van der Waals surface area contributed by atoms with Crippen LogP contribution in [-0.2, 0) is 18.4 Å². The van der Waals surface area contributed by atoms with Gasteiger partial charge in [-0.3, -0.25) is 9.69 Å². The molecular formula is C16H30N6O2. The van der Waals surface area contributed by atoms with Crippen molar-refractivity contribution in [3.63, 3.8) is 0 Å². The summed E-state index contributed by atoms with van der Waals surface area (Å²) in [6.07, 6.45) is 1.86. The Morgan fingerprint density at radius 3 is 2.50 bits per heavy atom. The number of piperidine rings is 1. The van der Waals surface area contributed by atoms with Crippen LogP contribution in [0.3, 0.4) is 0 Å². The predicted molar refractivity (Wildman–Crippen MR) is 91.5 cm³/mol. The Bertz CT molecular complexity index is 537. The summed E-state index contributed by atoms with van der Waals surface area (Å²) in [5.41, 5.74) is 0. The van der Waals surface area contributed by atoms with E-state index in [1.54, 1.807) is 0 Å². The topological polar surface area (TPSA) is 77.7 Å². The monoisotopic (exact) mass is 338 g/mol. The summed E-state index contributed by atoms with van der Waals surface area (Å²) in [7, 11) is 7.79. The lowest BCUT2D eigenvalue weighted by atomic mass is 9.96. The molecule has 0 atom stereocenters. The summed E-state index contributed by atoms with van der Waals surface area (Å²) in [5.74, 6) is 2.46. The molecule has 1 saturated heterocycles. The lowest BCUT2D eigenvalue weighted by molar-refractivity contribution is -0.132. The molecule has 1 aromatic rings. The van der Waals surface area contributed by atoms with Crippen LogP contribution in [0.4, 0.5) is 0 Å². The Morgan fingerprint density at radius 2 is 1.92 bits per heavy atom. The largest absolute Gasteiger partial charge is 0.395 e. The summed E-state index contributed by atoms with van der Waals surface area (Å²) in [6.45, 7) is 3.46. The van der Waals surface area contributed by atoms with Crippen molar-refractivity contribution in [3.8, 4) is 0 Å². The average molecular weight is 338 g/mol. The smallest absolute Gasteiger partial charge is 0.236 e. The molecule has 1 fully saturated rings. The molecule has 1 amide bonds. The summed E-state index contributed by atoms with van der Waals surface area (Å²) >= 11 is 0. The molecule has 1 aliphatic heterocycles. The standard InChI is InChI=1S/C16H30N6O2/c1-19(2)12-15(24)22-7-5-13(6-8-22)16-18-17-14(21(16)4)11-20(3)9-10-23/h13,23H,5-12H2,1-4H3. The van der Waals surface area contributed by atoms with Gasteiger partial charge in [0.05, 0.1) is 19.7 Å². The quantitative estimate of drug-likeness (QED) is 0.723. The Balaban J connectivity index is 1.92. The molecule has 8 heteroatoms. The maximum Gasteiger partial charge on any atom is 0.236 e. The van der Waals surface area contributed by atoms with E-state index in [1.807, 2.05) is 42.9 Å². The van der Waals surface area contributed by atoms with Crippen LogP contribution in [0.15, 0.2) is 0 Å². The van der Waals surface area contributed by atoms with Crippen LogP contribution in [0, 0.1) is 0 Å². The first kappa shape index (κ1) is 18.8. The van der Waals surface area contributed by atoms with Gasteiger partial charge in [-0.1, -0.05) is 0 Å². The first-order chi connectivity index (χ1) is 11.4. The molecule has 1 aromatic heterocycles. The van der Waals surface area contributed by atoms with E-state index in [0.717, 1.165) is 37.6 Å². The third kappa shape index (κ3) is 4.75. The second kappa shape index (κ2) is 8.55. The van der Waals surface area contributed by atoms with Gasteiger partial charge in [0.2, 0.25) is 5.91 Å². The fourth-order valence-electron chi connectivity index (χ4n) is 3.12. The van der Waals surface area contributed by atoms with Gasteiger partial charge in [0.25, 0.3) is 0 Å². The Labute approximate surface area is 144 Å². The van der Waals surface area contributed by atoms with Gasteiger partial charge in [0.15, 0.2) is 0 Å². The van der Waals surface area contributed by atoms with Gasteiger partial charge in [-0.15, -0.1) is 10.2 Å². The zero-order chi connectivity index (χ0) is 17.7. The first-order valence-electron chi connectivity index (χ1n) is 8.52. The number of likely N-dealkylation sites (tertiary alicyclic amines) is 1. The molecule has 0 bridgehead atoms. The van der Waals surface area contributed by atoms with Crippen LogP contribution in [0.1, 0.15) is 30.4 Å². The molecule has 1 N–H and O–H groups in total. The number of carbonyl (C=O) groups excluding carboxylic acids is 1. The minimum absolute atomic E-state index is 0.140. The fraction of sp³-hybridized carbons (Fsp3) is 0.812. The van der Waals surface area contributed by atoms with Gasteiger partial charge in [-0.05, 0) is 34.0 Å². The van der Waals surface area contributed by atoms with E-state index in [9.17, 15) is 4.79 Å². The van der Waals surface area contributed by atoms with E-state index in [2.05, 4.69) is 14.8 Å². The highest BCUT2D eigenvalue weighted by atomic mass is 16.3. The van der Waals surface area contributed by atoms with Crippen LogP contribution < -0.4 is 0 Å². The van der Waals surface area contributed by atoms with E-state index < -0.39 is 0 Å². The summed E-state index contributed by atoms with van der Waals surface area (Å²) in [4.78, 5) is 18.0. The van der Waals surface area contributed by atoms with E-state index in [4.69, 9.17) is 5.11 Å². The zero-order valence-corrected chi connectivity index (χ0v) is 15.3. The molecule has 0 spiro atoms. The molecule has 1 aliphatic rings. The van der Waals surface area contributed by atoms with Gasteiger partial charge in [0.1, 0.15) is 11.6 Å². The number of likely N-dealkylation sites (N-methyl/N-ethyl adjacent to an activating group) is 2. The lowest BCUT2D eigenvalue weighted by Gasteiger charge is -2.32. The number of nitrogens with zero attached hydrogens (tertiary/aromatic N) is 6. The predicted octanol–water partition coefficient (Wildman–Crippen LogP) is -0.493. The normalized spacial score (nSPS) is 16.4. The van der Waals surface area contributed by atoms with Crippen LogP contribution in [0.2, 0.25) is 0 Å². The summed E-state index contributed by atoms with van der Waals surface area (Å²) in [6, 6.07) is 0. The number of aliphatic hydroxyl groups excluding tert-OH is 1. The summed E-state index contributed by atoms with van der Waals surface area (Å²) < 4.78 is 2.07. The Morgan fingerprint density at radius 1 is 1.25 bits per heavy atom. The number of amides is 1. The van der Waals surface area contributed by atoms with E-state index in [1.165, 1.54) is 0 Å². The molecule has 0 aromatic carbocycles. The van der Waals surface area contributed by atoms with E-state index in [-0.39, 0.29) is 12.5 Å². The second-order valence-electron chi connectivity index (χ2n) is 6.89. The van der Waals surface area contributed by atoms with Crippen LogP contribution >= 0.6 is 0 Å². The molecule has 0 saturated carbocycles. The zero-order valence-electron chi connectivity index (χ0n) is 15.3. The van der Waals surface area contributed by atoms with Crippen LogP contribution in [0.5, 0.6) is 0 Å². The SMILES string of the molecule is CN(C)CC(=O)N1CCC(c2nnc(CN(C)CCO)n2C)CC1. The highest BCUT2D eigenvalue weighted by molar-refractivity contribution is 5.78. The van der Waals surface area contributed by atoms with Crippen LogP contribution in [0.25, 0.3) is 0 Å². The average Bonchev–Trinajstić information content (AvgIpc) is 2.88. The van der Waals surface area contributed by atoms with Crippen molar-refractivity contribution < 1.29 is 9.90 Å². The fourth-order valence-corrected chi connectivity index (χ4v) is 3.12. The first-order valence-corrected chi connectivity index (χ1v) is 8.52. The third-order valence-electron chi connectivity index (χ3n) is 4.56. The van der Waals surface area contributed by atoms with Crippen molar-refractivity contribution in [2.45, 2.75) is 25.3 Å². The molecule has 136 valence electrons. The van der Waals surface area contributed by atoms with Gasteiger partial charge < -0.3 is 19.5 Å². The minimum atomic E-state index is 0.140. The minimum Gasteiger partial charge on any atom is -0.395 e. The van der Waals surface area contributed by atoms with E-state index in [0.29, 0.717) is 25.6 Å². The van der Waals surface area contributed by atoms with Gasteiger partial charge >= 0.3 is 0 Å². The molecular weight excluding hydrogens is 308 g/mol. The van der Waals surface area contributed by atoms with Crippen molar-refractivity contribution in [3.05, 3.63) is 11.6 Å². The van der Waals surface area contributed by atoms with Gasteiger partial charge in [0, 0.05) is 32.6 Å². The number of hydrogen-bond acceptors (Lipinski definition) is 6. The third-order valence-corrected chi connectivity index (χ3v) is 4.56. The number of aromatic nitrogens is 3. The lowest BCUT2D eigenvalue weighted by Crippen LogP contribution is -2.42. The maximum absolute atomic E-state index is 12.1. The number of rotatable bonds is 7. The molecule has 2 heterocycles. The maximum atomic E-state index is 12.1. The Hall–Kier alpha value is -1.51. The van der Waals surface area contributed by atoms with Crippen molar-refractivity contribution in [1.82, 2.24) is 29.5 Å². The number of aliphatic hydroxyl groups is 1. The van der Waals surface area contributed by atoms with Crippen molar-refractivity contribution >= 4 is 5.91 Å². The van der Waals surface area contributed by atoms with Crippen molar-refractivity contribution in [2.24, 2.45) is 7.05 Å². The van der Waals surface area contributed by atoms with Gasteiger partial charge in [-0.25, -0.2) is 0 Å². The molecule has 0 aliphatic carbocycles. The molecule has 0 radical (unpaired) electrons. The molecule has 0 unspecified atom stereocenters. The summed E-state index contributed by atoms with van der Waals surface area (Å²) in [5, 5.41) is 17.7. The Kier molecular flexibility index (Phi) is 6.70. The highest BCUT2D eigenvalue weighted by Crippen LogP contribution is 2.27. The molecule has 24 heavy (non-hydrogen) atoms.